The maximum Gasteiger partial charge on any atom is 0.233 e. The van der Waals surface area contributed by atoms with Crippen molar-refractivity contribution >= 4 is 35.0 Å². The predicted molar refractivity (Wildman–Crippen MR) is 168 cm³/mol. The van der Waals surface area contributed by atoms with Crippen LogP contribution in [0.2, 0.25) is 5.02 Å². The standard InChI is InChI=1S/C36H35ClN2O6/c1-19-14-28(40)32-26(33(19)41)17-25-23(30(32)21-15-27(37)34(42)29(16-21)45-2)8-9-24-31(25)36(44)39(35(24)43)22-10-12-38(13-11-22)18-20-6-4-3-5-7-20/h3-8,14-16,22,24-25,30-31,42H,9-13,17-18H2,1-2H3/t24-,25+,30-,31-/m0/s1. The Balaban J connectivity index is 1.21. The molecular formula is C36H35ClN2O6. The molecule has 2 amide bonds. The molecule has 0 bridgehead atoms. The molecule has 0 radical (unpaired) electrons. The molecule has 2 aromatic rings. The number of likely N-dealkylation sites (tertiary alicyclic amines) is 2. The average molecular weight is 627 g/mol. The third-order valence-electron chi connectivity index (χ3n) is 10.4. The van der Waals surface area contributed by atoms with Gasteiger partial charge >= 0.3 is 0 Å². The highest BCUT2D eigenvalue weighted by atomic mass is 35.5. The smallest absolute Gasteiger partial charge is 0.233 e. The number of ketones is 2. The van der Waals surface area contributed by atoms with Crippen LogP contribution in [0, 0.1) is 17.8 Å². The molecule has 232 valence electrons. The monoisotopic (exact) mass is 626 g/mol. The van der Waals surface area contributed by atoms with Crippen LogP contribution >= 0.6 is 11.6 Å². The average Bonchev–Trinajstić information content (AvgIpc) is 3.30. The summed E-state index contributed by atoms with van der Waals surface area (Å²) < 4.78 is 5.37. The van der Waals surface area contributed by atoms with E-state index in [1.807, 2.05) is 24.3 Å². The molecule has 7 rings (SSSR count). The summed E-state index contributed by atoms with van der Waals surface area (Å²) in [5.74, 6) is -3.04. The van der Waals surface area contributed by atoms with Gasteiger partial charge < -0.3 is 9.84 Å². The maximum absolute atomic E-state index is 14.3. The minimum Gasteiger partial charge on any atom is -0.503 e. The molecule has 1 N–H and O–H groups in total. The van der Waals surface area contributed by atoms with Crippen LogP contribution in [0.15, 0.2) is 76.9 Å². The van der Waals surface area contributed by atoms with Crippen molar-refractivity contribution in [1.82, 2.24) is 9.80 Å². The number of piperidine rings is 1. The molecule has 5 aliphatic rings. The van der Waals surface area contributed by atoms with E-state index in [-0.39, 0.29) is 52.4 Å². The first-order valence-corrected chi connectivity index (χ1v) is 16.0. The van der Waals surface area contributed by atoms with E-state index in [2.05, 4.69) is 17.0 Å². The van der Waals surface area contributed by atoms with E-state index in [0.717, 1.165) is 38.0 Å². The number of halogens is 1. The fourth-order valence-corrected chi connectivity index (χ4v) is 8.46. The largest absolute Gasteiger partial charge is 0.503 e. The van der Waals surface area contributed by atoms with Gasteiger partial charge in [0.05, 0.1) is 24.0 Å². The Morgan fingerprint density at radius 1 is 1.00 bits per heavy atom. The van der Waals surface area contributed by atoms with Crippen LogP contribution in [0.5, 0.6) is 11.5 Å². The number of hydrogen-bond acceptors (Lipinski definition) is 7. The first-order valence-electron chi connectivity index (χ1n) is 15.6. The second-order valence-electron chi connectivity index (χ2n) is 12.8. The molecule has 2 fully saturated rings. The summed E-state index contributed by atoms with van der Waals surface area (Å²) >= 11 is 6.41. The Kier molecular flexibility index (Phi) is 7.53. The van der Waals surface area contributed by atoms with Crippen LogP contribution in [0.1, 0.15) is 49.7 Å². The van der Waals surface area contributed by atoms with Crippen LogP contribution in [-0.2, 0) is 25.7 Å². The molecule has 2 aromatic carbocycles. The van der Waals surface area contributed by atoms with Crippen molar-refractivity contribution in [2.24, 2.45) is 17.8 Å². The van der Waals surface area contributed by atoms with E-state index in [1.165, 1.54) is 23.6 Å². The Hall–Kier alpha value is -4.01. The van der Waals surface area contributed by atoms with Crippen LogP contribution in [0.3, 0.4) is 0 Å². The molecule has 0 aromatic heterocycles. The summed E-state index contributed by atoms with van der Waals surface area (Å²) in [4.78, 5) is 59.2. The topological polar surface area (TPSA) is 104 Å². The number of fused-ring (bicyclic) bond motifs is 3. The lowest BCUT2D eigenvalue weighted by Gasteiger charge is -2.42. The number of ether oxygens (including phenoxy) is 1. The fraction of sp³-hybridized carbons (Fsp3) is 0.389. The molecule has 0 saturated carbocycles. The quantitative estimate of drug-likeness (QED) is 0.278. The zero-order valence-corrected chi connectivity index (χ0v) is 26.0. The van der Waals surface area contributed by atoms with Gasteiger partial charge in [0.1, 0.15) is 0 Å². The number of carbonyl (C=O) groups is 4. The van der Waals surface area contributed by atoms with Gasteiger partial charge in [-0.25, -0.2) is 0 Å². The maximum atomic E-state index is 14.3. The van der Waals surface area contributed by atoms with Gasteiger partial charge in [0.25, 0.3) is 0 Å². The third kappa shape index (κ3) is 4.86. The van der Waals surface area contributed by atoms with E-state index in [4.69, 9.17) is 16.3 Å². The Morgan fingerprint density at radius 3 is 2.44 bits per heavy atom. The number of phenols is 1. The van der Waals surface area contributed by atoms with Gasteiger partial charge in [-0.05, 0) is 67.9 Å². The molecule has 45 heavy (non-hydrogen) atoms. The van der Waals surface area contributed by atoms with Gasteiger partial charge in [-0.1, -0.05) is 53.6 Å². The van der Waals surface area contributed by atoms with Crippen LogP contribution < -0.4 is 4.74 Å². The molecule has 3 aliphatic carbocycles. The first-order chi connectivity index (χ1) is 21.7. The molecule has 0 unspecified atom stereocenters. The summed E-state index contributed by atoms with van der Waals surface area (Å²) in [5, 5.41) is 10.5. The number of Topliss-reactive ketones (excluding diaryl/α,β-unsaturated/α-hetero) is 1. The SMILES string of the molecule is COc1cc([C@H]2C3=CC[C@@H]4C(=O)N(C5CCN(Cc6ccccc6)CC5)C(=O)[C@@H]4[C@@H]3CC3=C2C(=O)C=C(C)C3=O)cc(Cl)c1O. The van der Waals surface area contributed by atoms with Crippen molar-refractivity contribution in [1.29, 1.82) is 0 Å². The minimum atomic E-state index is -0.661. The van der Waals surface area contributed by atoms with E-state index < -0.39 is 23.7 Å². The van der Waals surface area contributed by atoms with E-state index in [1.54, 1.807) is 19.1 Å². The number of rotatable bonds is 5. The summed E-state index contributed by atoms with van der Waals surface area (Å²) in [5.41, 5.74) is 3.79. The molecule has 2 heterocycles. The summed E-state index contributed by atoms with van der Waals surface area (Å²) in [6, 6.07) is 13.3. The van der Waals surface area contributed by atoms with Gasteiger partial charge in [0.2, 0.25) is 11.8 Å². The van der Waals surface area contributed by atoms with Crippen molar-refractivity contribution in [3.05, 3.63) is 93.1 Å². The molecule has 2 aliphatic heterocycles. The van der Waals surface area contributed by atoms with Crippen LogP contribution in [-0.4, -0.2) is 64.5 Å². The highest BCUT2D eigenvalue weighted by molar-refractivity contribution is 6.32. The number of allylic oxidation sites excluding steroid dienone is 6. The van der Waals surface area contributed by atoms with Gasteiger partial charge in [-0.2, -0.15) is 0 Å². The van der Waals surface area contributed by atoms with Gasteiger partial charge in [-0.3, -0.25) is 29.0 Å². The predicted octanol–water partition coefficient (Wildman–Crippen LogP) is 5.15. The number of imide groups is 1. The van der Waals surface area contributed by atoms with Crippen molar-refractivity contribution in [2.45, 2.75) is 51.1 Å². The number of carbonyl (C=O) groups excluding carboxylic acids is 4. The minimum absolute atomic E-state index is 0.0566. The number of phenolic OH excluding ortho intramolecular Hbond substituents is 1. The fourth-order valence-electron chi connectivity index (χ4n) is 8.24. The zero-order chi connectivity index (χ0) is 31.6. The Labute approximate surface area is 267 Å². The number of nitrogens with zero attached hydrogens (tertiary/aromatic N) is 2. The van der Waals surface area contributed by atoms with Crippen molar-refractivity contribution in [2.75, 3.05) is 20.2 Å². The van der Waals surface area contributed by atoms with Gasteiger partial charge in [0.15, 0.2) is 23.1 Å². The second-order valence-corrected chi connectivity index (χ2v) is 13.2. The van der Waals surface area contributed by atoms with E-state index >= 15 is 0 Å². The summed E-state index contributed by atoms with van der Waals surface area (Å²) in [7, 11) is 1.42. The molecule has 2 saturated heterocycles. The lowest BCUT2D eigenvalue weighted by Crippen LogP contribution is -2.47. The van der Waals surface area contributed by atoms with E-state index in [9.17, 15) is 24.3 Å². The summed E-state index contributed by atoms with van der Waals surface area (Å²) in [6.07, 6.45) is 5.40. The zero-order valence-electron chi connectivity index (χ0n) is 25.3. The van der Waals surface area contributed by atoms with Gasteiger partial charge in [-0.15, -0.1) is 0 Å². The first kappa shape index (κ1) is 29.7. The van der Waals surface area contributed by atoms with Crippen LogP contribution in [0.25, 0.3) is 0 Å². The van der Waals surface area contributed by atoms with Crippen molar-refractivity contribution in [3.8, 4) is 11.5 Å². The Bertz CT molecular complexity index is 1720. The summed E-state index contributed by atoms with van der Waals surface area (Å²) in [6.45, 7) is 4.05. The van der Waals surface area contributed by atoms with E-state index in [0.29, 0.717) is 28.7 Å². The highest BCUT2D eigenvalue weighted by Gasteiger charge is 2.57. The number of aromatic hydroxyl groups is 1. The van der Waals surface area contributed by atoms with Gasteiger partial charge in [0, 0.05) is 48.3 Å². The third-order valence-corrected chi connectivity index (χ3v) is 10.7. The number of amides is 2. The van der Waals surface area contributed by atoms with Crippen molar-refractivity contribution < 1.29 is 29.0 Å². The highest BCUT2D eigenvalue weighted by Crippen LogP contribution is 2.56. The Morgan fingerprint density at radius 2 is 1.73 bits per heavy atom. The molecule has 0 spiro atoms. The molecule has 8 nitrogen and oxygen atoms in total. The lowest BCUT2D eigenvalue weighted by molar-refractivity contribution is -0.144. The number of benzene rings is 2. The van der Waals surface area contributed by atoms with Crippen molar-refractivity contribution in [3.63, 3.8) is 0 Å². The molecular weight excluding hydrogens is 592 g/mol. The molecule has 4 atom stereocenters. The normalized spacial score (nSPS) is 27.2. The number of methoxy groups -OCH3 is 1. The lowest BCUT2D eigenvalue weighted by atomic mass is 9.59. The molecule has 9 heteroatoms. The second kappa shape index (κ2) is 11.4. The number of hydrogen-bond donors (Lipinski definition) is 1. The van der Waals surface area contributed by atoms with Crippen LogP contribution in [0.4, 0.5) is 0 Å².